The Balaban J connectivity index is 2.54. The van der Waals surface area contributed by atoms with Gasteiger partial charge in [-0.3, -0.25) is 0 Å². The Labute approximate surface area is 131 Å². The number of benzene rings is 1. The zero-order chi connectivity index (χ0) is 17.5. The molecule has 0 aliphatic heterocycles. The van der Waals surface area contributed by atoms with Gasteiger partial charge in [0.1, 0.15) is 13.2 Å². The van der Waals surface area contributed by atoms with Crippen molar-refractivity contribution >= 4 is 12.1 Å². The Morgan fingerprint density at radius 2 is 1.83 bits per heavy atom. The second-order valence-electron chi connectivity index (χ2n) is 4.68. The predicted molar refractivity (Wildman–Crippen MR) is 75.4 cm³/mol. The van der Waals surface area contributed by atoms with Crippen molar-refractivity contribution in [3.05, 3.63) is 48.0 Å². The Hall–Kier alpha value is -2.51. The molecule has 23 heavy (non-hydrogen) atoms. The summed E-state index contributed by atoms with van der Waals surface area (Å²) in [5.74, 6) is -0.973. The van der Waals surface area contributed by atoms with E-state index < -0.39 is 30.9 Å². The molecule has 0 radical (unpaired) electrons. The van der Waals surface area contributed by atoms with E-state index >= 15 is 0 Å². The Bertz CT molecular complexity index is 558. The number of nitrogens with one attached hydrogen (secondary N) is 1. The molecule has 5 nitrogen and oxygen atoms in total. The lowest BCUT2D eigenvalue weighted by Crippen LogP contribution is -2.48. The molecule has 0 aliphatic carbocycles. The number of alkyl halides is 3. The SMILES string of the molecule is C=C(C)C(=O)OCC(NC(=O)OCc1ccccc1)C(F)(F)F. The monoisotopic (exact) mass is 331 g/mol. The van der Waals surface area contributed by atoms with Crippen LogP contribution in [0, 0.1) is 0 Å². The topological polar surface area (TPSA) is 64.6 Å². The van der Waals surface area contributed by atoms with Gasteiger partial charge in [-0.05, 0) is 12.5 Å². The third-order valence-corrected chi connectivity index (χ3v) is 2.63. The third-order valence-electron chi connectivity index (χ3n) is 2.63. The van der Waals surface area contributed by atoms with Crippen LogP contribution in [0.15, 0.2) is 42.5 Å². The number of esters is 1. The van der Waals surface area contributed by atoms with Crippen LogP contribution in [0.5, 0.6) is 0 Å². The second kappa shape index (κ2) is 8.21. The molecule has 0 saturated heterocycles. The van der Waals surface area contributed by atoms with Crippen LogP contribution >= 0.6 is 0 Å². The molecule has 0 bridgehead atoms. The molecular formula is C15H16F3NO4. The van der Waals surface area contributed by atoms with Crippen LogP contribution in [0.4, 0.5) is 18.0 Å². The number of hydrogen-bond donors (Lipinski definition) is 1. The van der Waals surface area contributed by atoms with Crippen molar-refractivity contribution in [2.75, 3.05) is 6.61 Å². The smallest absolute Gasteiger partial charge is 0.412 e. The van der Waals surface area contributed by atoms with E-state index in [1.807, 2.05) is 0 Å². The van der Waals surface area contributed by atoms with Crippen LogP contribution in [-0.2, 0) is 20.9 Å². The van der Waals surface area contributed by atoms with Gasteiger partial charge in [-0.25, -0.2) is 9.59 Å². The fourth-order valence-electron chi connectivity index (χ4n) is 1.41. The van der Waals surface area contributed by atoms with Crippen molar-refractivity contribution in [1.29, 1.82) is 0 Å². The molecule has 1 N–H and O–H groups in total. The van der Waals surface area contributed by atoms with Gasteiger partial charge < -0.3 is 14.8 Å². The van der Waals surface area contributed by atoms with Crippen LogP contribution in [-0.4, -0.2) is 30.9 Å². The molecule has 1 rings (SSSR count). The molecule has 1 amide bonds. The molecule has 1 unspecified atom stereocenters. The van der Waals surface area contributed by atoms with Crippen molar-refractivity contribution in [3.8, 4) is 0 Å². The molecular weight excluding hydrogens is 315 g/mol. The van der Waals surface area contributed by atoms with Gasteiger partial charge in [-0.15, -0.1) is 0 Å². The average molecular weight is 331 g/mol. The van der Waals surface area contributed by atoms with E-state index in [1.54, 1.807) is 35.6 Å². The Kier molecular flexibility index (Phi) is 6.62. The highest BCUT2D eigenvalue weighted by molar-refractivity contribution is 5.86. The van der Waals surface area contributed by atoms with E-state index in [4.69, 9.17) is 4.74 Å². The number of halogens is 3. The molecule has 0 saturated carbocycles. The van der Waals surface area contributed by atoms with Gasteiger partial charge in [0.2, 0.25) is 0 Å². The average Bonchev–Trinajstić information content (AvgIpc) is 2.48. The minimum atomic E-state index is -4.79. The number of hydrogen-bond acceptors (Lipinski definition) is 4. The summed E-state index contributed by atoms with van der Waals surface area (Å²) in [5.41, 5.74) is 0.581. The standard InChI is InChI=1S/C15H16F3NO4/c1-10(2)13(20)22-9-12(15(16,17)18)19-14(21)23-8-11-6-4-3-5-7-11/h3-7,12H,1,8-9H2,2H3,(H,19,21). The van der Waals surface area contributed by atoms with Crippen molar-refractivity contribution in [2.45, 2.75) is 25.7 Å². The maximum atomic E-state index is 12.8. The third kappa shape index (κ3) is 6.86. The molecule has 0 spiro atoms. The van der Waals surface area contributed by atoms with Gasteiger partial charge in [0, 0.05) is 5.57 Å². The molecule has 1 aromatic carbocycles. The van der Waals surface area contributed by atoms with Gasteiger partial charge in [0.05, 0.1) is 0 Å². The lowest BCUT2D eigenvalue weighted by molar-refractivity contribution is -0.171. The van der Waals surface area contributed by atoms with E-state index in [0.29, 0.717) is 5.56 Å². The van der Waals surface area contributed by atoms with Crippen LogP contribution in [0.1, 0.15) is 12.5 Å². The van der Waals surface area contributed by atoms with E-state index in [9.17, 15) is 22.8 Å². The first-order valence-electron chi connectivity index (χ1n) is 6.56. The zero-order valence-corrected chi connectivity index (χ0v) is 12.4. The number of ether oxygens (including phenoxy) is 2. The van der Waals surface area contributed by atoms with E-state index in [0.717, 1.165) is 0 Å². The fourth-order valence-corrected chi connectivity index (χ4v) is 1.41. The first-order valence-corrected chi connectivity index (χ1v) is 6.56. The fraction of sp³-hybridized carbons (Fsp3) is 0.333. The summed E-state index contributed by atoms with van der Waals surface area (Å²) in [5, 5.41) is 1.63. The minimum absolute atomic E-state index is 0.0439. The van der Waals surface area contributed by atoms with E-state index in [1.165, 1.54) is 6.92 Å². The minimum Gasteiger partial charge on any atom is -0.460 e. The highest BCUT2D eigenvalue weighted by atomic mass is 19.4. The van der Waals surface area contributed by atoms with Crippen molar-refractivity contribution in [1.82, 2.24) is 5.32 Å². The maximum Gasteiger partial charge on any atom is 0.412 e. The quantitative estimate of drug-likeness (QED) is 0.643. The molecule has 0 aliphatic rings. The number of carbonyl (C=O) groups excluding carboxylic acids is 2. The first-order chi connectivity index (χ1) is 10.7. The molecule has 1 aromatic rings. The zero-order valence-electron chi connectivity index (χ0n) is 12.4. The predicted octanol–water partition coefficient (Wildman–Crippen LogP) is 2.96. The lowest BCUT2D eigenvalue weighted by Gasteiger charge is -2.21. The molecule has 126 valence electrons. The van der Waals surface area contributed by atoms with E-state index in [-0.39, 0.29) is 12.2 Å². The lowest BCUT2D eigenvalue weighted by atomic mass is 10.2. The van der Waals surface area contributed by atoms with Gasteiger partial charge in [0.15, 0.2) is 6.04 Å². The van der Waals surface area contributed by atoms with E-state index in [2.05, 4.69) is 11.3 Å². The largest absolute Gasteiger partial charge is 0.460 e. The number of rotatable bonds is 6. The normalized spacial score (nSPS) is 12.2. The summed E-state index contributed by atoms with van der Waals surface area (Å²) in [4.78, 5) is 22.6. The maximum absolute atomic E-state index is 12.8. The van der Waals surface area contributed by atoms with Crippen molar-refractivity contribution in [2.24, 2.45) is 0 Å². The van der Waals surface area contributed by atoms with Crippen molar-refractivity contribution < 1.29 is 32.2 Å². The summed E-state index contributed by atoms with van der Waals surface area (Å²) in [6.07, 6.45) is -6.05. The highest BCUT2D eigenvalue weighted by Gasteiger charge is 2.42. The summed E-state index contributed by atoms with van der Waals surface area (Å²) < 4.78 is 47.6. The van der Waals surface area contributed by atoms with Crippen LogP contribution in [0.3, 0.4) is 0 Å². The number of amides is 1. The number of alkyl carbamates (subject to hydrolysis) is 1. The van der Waals surface area contributed by atoms with Gasteiger partial charge in [0.25, 0.3) is 0 Å². The highest BCUT2D eigenvalue weighted by Crippen LogP contribution is 2.21. The van der Waals surface area contributed by atoms with Gasteiger partial charge in [-0.2, -0.15) is 13.2 Å². The first kappa shape index (κ1) is 18.5. The summed E-state index contributed by atoms with van der Waals surface area (Å²) in [6.45, 7) is 3.31. The summed E-state index contributed by atoms with van der Waals surface area (Å²) in [6, 6.07) is 6.10. The Morgan fingerprint density at radius 1 is 1.22 bits per heavy atom. The van der Waals surface area contributed by atoms with Crippen LogP contribution < -0.4 is 5.32 Å². The summed E-state index contributed by atoms with van der Waals surface area (Å²) >= 11 is 0. The molecule has 1 atom stereocenters. The van der Waals surface area contributed by atoms with Crippen molar-refractivity contribution in [3.63, 3.8) is 0 Å². The van der Waals surface area contributed by atoms with Gasteiger partial charge in [-0.1, -0.05) is 36.9 Å². The van der Waals surface area contributed by atoms with Crippen LogP contribution in [0.2, 0.25) is 0 Å². The second-order valence-corrected chi connectivity index (χ2v) is 4.68. The summed E-state index contributed by atoms with van der Waals surface area (Å²) in [7, 11) is 0. The van der Waals surface area contributed by atoms with Crippen LogP contribution in [0.25, 0.3) is 0 Å². The molecule has 0 fully saturated rings. The molecule has 0 heterocycles. The number of carbonyl (C=O) groups is 2. The molecule has 0 aromatic heterocycles. The Morgan fingerprint density at radius 3 is 2.35 bits per heavy atom. The molecule has 8 heteroatoms. The van der Waals surface area contributed by atoms with Gasteiger partial charge >= 0.3 is 18.2 Å².